The molecule has 0 saturated carbocycles. The minimum Gasteiger partial charge on any atom is -0.361 e. The lowest BCUT2D eigenvalue weighted by Gasteiger charge is -2.06. The SMILES string of the molecule is CC(C)c1ccc(C[NH2+]CCc2c[nH]c3ccccc23)cc1. The van der Waals surface area contributed by atoms with Gasteiger partial charge in [0, 0.05) is 29.1 Å². The number of H-pyrrole nitrogens is 1. The zero-order valence-electron chi connectivity index (χ0n) is 13.5. The van der Waals surface area contributed by atoms with Crippen LogP contribution < -0.4 is 5.32 Å². The number of rotatable bonds is 6. The van der Waals surface area contributed by atoms with Crippen molar-refractivity contribution in [2.24, 2.45) is 0 Å². The molecular formula is C20H25N2+. The van der Waals surface area contributed by atoms with Gasteiger partial charge in [-0.05, 0) is 23.1 Å². The summed E-state index contributed by atoms with van der Waals surface area (Å²) >= 11 is 0. The second-order valence-corrected chi connectivity index (χ2v) is 6.29. The molecule has 3 rings (SSSR count). The summed E-state index contributed by atoms with van der Waals surface area (Å²) in [5.74, 6) is 0.611. The van der Waals surface area contributed by atoms with Crippen molar-refractivity contribution in [2.75, 3.05) is 6.54 Å². The van der Waals surface area contributed by atoms with Crippen LogP contribution in [0.15, 0.2) is 54.7 Å². The van der Waals surface area contributed by atoms with E-state index in [1.807, 2.05) is 0 Å². The first kappa shape index (κ1) is 14.9. The van der Waals surface area contributed by atoms with Gasteiger partial charge in [0.15, 0.2) is 0 Å². The Bertz CT molecular complexity index is 723. The molecule has 0 aliphatic heterocycles. The Morgan fingerprint density at radius 3 is 2.55 bits per heavy atom. The third kappa shape index (κ3) is 3.40. The van der Waals surface area contributed by atoms with Gasteiger partial charge < -0.3 is 10.3 Å². The van der Waals surface area contributed by atoms with E-state index in [4.69, 9.17) is 0 Å². The van der Waals surface area contributed by atoms with Gasteiger partial charge in [-0.25, -0.2) is 0 Å². The highest BCUT2D eigenvalue weighted by atomic mass is 14.8. The van der Waals surface area contributed by atoms with Crippen LogP contribution >= 0.6 is 0 Å². The third-order valence-corrected chi connectivity index (χ3v) is 4.32. The minimum absolute atomic E-state index is 0.611. The average molecular weight is 293 g/mol. The fraction of sp³-hybridized carbons (Fsp3) is 0.300. The van der Waals surface area contributed by atoms with Crippen LogP contribution in [-0.4, -0.2) is 11.5 Å². The Hall–Kier alpha value is -2.06. The van der Waals surface area contributed by atoms with E-state index in [0.717, 1.165) is 19.5 Å². The first-order chi connectivity index (χ1) is 10.7. The number of nitrogens with one attached hydrogen (secondary N) is 1. The molecule has 3 aromatic rings. The van der Waals surface area contributed by atoms with E-state index in [1.54, 1.807) is 0 Å². The van der Waals surface area contributed by atoms with Gasteiger partial charge in [0.05, 0.1) is 6.54 Å². The highest BCUT2D eigenvalue weighted by molar-refractivity contribution is 5.82. The van der Waals surface area contributed by atoms with Crippen LogP contribution in [0.1, 0.15) is 36.5 Å². The normalized spacial score (nSPS) is 11.4. The van der Waals surface area contributed by atoms with E-state index in [0.29, 0.717) is 5.92 Å². The molecule has 2 nitrogen and oxygen atoms in total. The van der Waals surface area contributed by atoms with Gasteiger partial charge in [-0.2, -0.15) is 0 Å². The number of hydrogen-bond acceptors (Lipinski definition) is 0. The highest BCUT2D eigenvalue weighted by Crippen LogP contribution is 2.17. The van der Waals surface area contributed by atoms with Crippen molar-refractivity contribution in [3.8, 4) is 0 Å². The van der Waals surface area contributed by atoms with Crippen molar-refractivity contribution >= 4 is 10.9 Å². The van der Waals surface area contributed by atoms with Crippen LogP contribution in [0.4, 0.5) is 0 Å². The molecule has 2 aromatic carbocycles. The van der Waals surface area contributed by atoms with Crippen LogP contribution in [-0.2, 0) is 13.0 Å². The number of quaternary nitrogens is 1. The molecule has 2 heteroatoms. The Morgan fingerprint density at radius 1 is 1.00 bits per heavy atom. The molecule has 0 aliphatic carbocycles. The Labute approximate surface area is 132 Å². The molecule has 0 atom stereocenters. The van der Waals surface area contributed by atoms with Gasteiger partial charge in [0.1, 0.15) is 6.54 Å². The summed E-state index contributed by atoms with van der Waals surface area (Å²) in [6, 6.07) is 17.6. The zero-order chi connectivity index (χ0) is 15.4. The predicted molar refractivity (Wildman–Crippen MR) is 93.0 cm³/mol. The topological polar surface area (TPSA) is 32.4 Å². The average Bonchev–Trinajstić information content (AvgIpc) is 2.95. The van der Waals surface area contributed by atoms with Gasteiger partial charge in [0.25, 0.3) is 0 Å². The minimum atomic E-state index is 0.611. The maximum Gasteiger partial charge on any atom is 0.101 e. The molecule has 1 aromatic heterocycles. The number of para-hydroxylation sites is 1. The molecule has 0 amide bonds. The molecule has 1 heterocycles. The third-order valence-electron chi connectivity index (χ3n) is 4.32. The quantitative estimate of drug-likeness (QED) is 0.651. The van der Waals surface area contributed by atoms with Gasteiger partial charge in [-0.15, -0.1) is 0 Å². The van der Waals surface area contributed by atoms with Crippen molar-refractivity contribution in [1.29, 1.82) is 0 Å². The van der Waals surface area contributed by atoms with Crippen molar-refractivity contribution in [3.63, 3.8) is 0 Å². The number of fused-ring (bicyclic) bond motifs is 1. The van der Waals surface area contributed by atoms with E-state index in [1.165, 1.54) is 27.6 Å². The van der Waals surface area contributed by atoms with Gasteiger partial charge in [-0.1, -0.05) is 56.3 Å². The summed E-state index contributed by atoms with van der Waals surface area (Å²) in [4.78, 5) is 3.35. The number of aromatic amines is 1. The summed E-state index contributed by atoms with van der Waals surface area (Å²) in [6.45, 7) is 6.65. The lowest BCUT2D eigenvalue weighted by atomic mass is 10.0. The van der Waals surface area contributed by atoms with Crippen LogP contribution in [0.3, 0.4) is 0 Å². The van der Waals surface area contributed by atoms with Crippen LogP contribution in [0, 0.1) is 0 Å². The molecule has 22 heavy (non-hydrogen) atoms. The number of benzene rings is 2. The lowest BCUT2D eigenvalue weighted by Crippen LogP contribution is -2.83. The van der Waals surface area contributed by atoms with E-state index in [-0.39, 0.29) is 0 Å². The van der Waals surface area contributed by atoms with Gasteiger partial charge in [-0.3, -0.25) is 0 Å². The molecule has 0 unspecified atom stereocenters. The molecular weight excluding hydrogens is 268 g/mol. The fourth-order valence-corrected chi connectivity index (χ4v) is 2.90. The van der Waals surface area contributed by atoms with Crippen molar-refractivity contribution in [1.82, 2.24) is 4.98 Å². The molecule has 0 aliphatic rings. The second-order valence-electron chi connectivity index (χ2n) is 6.29. The van der Waals surface area contributed by atoms with Gasteiger partial charge in [0.2, 0.25) is 0 Å². The summed E-state index contributed by atoms with van der Waals surface area (Å²) in [6.07, 6.45) is 3.25. The van der Waals surface area contributed by atoms with Crippen LogP contribution in [0.25, 0.3) is 10.9 Å². The van der Waals surface area contributed by atoms with Crippen molar-refractivity contribution in [3.05, 3.63) is 71.4 Å². The van der Waals surface area contributed by atoms with E-state index >= 15 is 0 Å². The molecule has 0 bridgehead atoms. The van der Waals surface area contributed by atoms with E-state index in [9.17, 15) is 0 Å². The summed E-state index contributed by atoms with van der Waals surface area (Å²) < 4.78 is 0. The molecule has 0 fully saturated rings. The summed E-state index contributed by atoms with van der Waals surface area (Å²) in [5.41, 5.74) is 5.48. The molecule has 0 saturated heterocycles. The first-order valence-electron chi connectivity index (χ1n) is 8.19. The highest BCUT2D eigenvalue weighted by Gasteiger charge is 2.04. The lowest BCUT2D eigenvalue weighted by molar-refractivity contribution is -0.670. The number of hydrogen-bond donors (Lipinski definition) is 2. The summed E-state index contributed by atoms with van der Waals surface area (Å²) in [5, 5.41) is 3.75. The van der Waals surface area contributed by atoms with E-state index < -0.39 is 0 Å². The van der Waals surface area contributed by atoms with E-state index in [2.05, 4.69) is 78.9 Å². The predicted octanol–water partition coefficient (Wildman–Crippen LogP) is 3.60. The van der Waals surface area contributed by atoms with Crippen LogP contribution in [0.2, 0.25) is 0 Å². The Kier molecular flexibility index (Phi) is 4.59. The monoisotopic (exact) mass is 293 g/mol. The fourth-order valence-electron chi connectivity index (χ4n) is 2.90. The van der Waals surface area contributed by atoms with Gasteiger partial charge >= 0.3 is 0 Å². The Balaban J connectivity index is 1.51. The number of nitrogens with two attached hydrogens (primary N) is 1. The van der Waals surface area contributed by atoms with Crippen molar-refractivity contribution < 1.29 is 5.32 Å². The standard InChI is InChI=1S/C20H24N2/c1-15(2)17-9-7-16(8-10-17)13-21-12-11-18-14-22-20-6-4-3-5-19(18)20/h3-10,14-15,21-22H,11-13H2,1-2H3/p+1. The van der Waals surface area contributed by atoms with Crippen LogP contribution in [0.5, 0.6) is 0 Å². The maximum atomic E-state index is 3.35. The Morgan fingerprint density at radius 2 is 1.77 bits per heavy atom. The largest absolute Gasteiger partial charge is 0.361 e. The molecule has 3 N–H and O–H groups in total. The second kappa shape index (κ2) is 6.80. The molecule has 114 valence electrons. The zero-order valence-corrected chi connectivity index (χ0v) is 13.5. The van der Waals surface area contributed by atoms with Crippen molar-refractivity contribution in [2.45, 2.75) is 32.7 Å². The smallest absolute Gasteiger partial charge is 0.101 e. The summed E-state index contributed by atoms with van der Waals surface area (Å²) in [7, 11) is 0. The first-order valence-corrected chi connectivity index (χ1v) is 8.19. The molecule has 0 spiro atoms. The molecule has 0 radical (unpaired) electrons. The number of aromatic nitrogens is 1. The maximum absolute atomic E-state index is 3.35.